The van der Waals surface area contributed by atoms with E-state index in [-0.39, 0.29) is 0 Å². The summed E-state index contributed by atoms with van der Waals surface area (Å²) in [7, 11) is 0. The van der Waals surface area contributed by atoms with Gasteiger partial charge in [0.15, 0.2) is 0 Å². The van der Waals surface area contributed by atoms with Crippen LogP contribution in [0.2, 0.25) is 0 Å². The second-order valence-corrected chi connectivity index (χ2v) is 3.18. The van der Waals surface area contributed by atoms with Crippen molar-refractivity contribution in [3.05, 3.63) is 0 Å². The highest BCUT2D eigenvalue weighted by atomic mass is 16.2. The number of aliphatic hydroxyl groups is 1. The molecule has 1 heteroatoms. The number of aliphatic hydroxyl groups excluding tert-OH is 1. The summed E-state index contributed by atoms with van der Waals surface area (Å²) >= 11 is 0. The summed E-state index contributed by atoms with van der Waals surface area (Å²) in [6, 6.07) is 0. The second kappa shape index (κ2) is 9.96. The van der Waals surface area contributed by atoms with Gasteiger partial charge in [0.2, 0.25) is 1.43 Å². The van der Waals surface area contributed by atoms with E-state index in [9.17, 15) is 0 Å². The van der Waals surface area contributed by atoms with Crippen LogP contribution >= 0.6 is 0 Å². The van der Waals surface area contributed by atoms with Crippen molar-refractivity contribution in [3.63, 3.8) is 0 Å². The van der Waals surface area contributed by atoms with Gasteiger partial charge in [0.25, 0.3) is 0 Å². The van der Waals surface area contributed by atoms with Crippen LogP contribution in [0.5, 0.6) is 0 Å². The largest absolute Gasteiger partial charge is 0.396 e. The maximum absolute atomic E-state index is 6.47. The first-order chi connectivity index (χ1) is 5.91. The van der Waals surface area contributed by atoms with Crippen LogP contribution in [-0.4, -0.2) is 13.1 Å². The Balaban J connectivity index is 2.73. The molecule has 0 aliphatic rings. The molecule has 0 aliphatic heterocycles. The third-order valence-electron chi connectivity index (χ3n) is 2.00. The average molecular weight is 159 g/mol. The van der Waals surface area contributed by atoms with Gasteiger partial charge in [0.05, 0.1) is 0 Å². The van der Waals surface area contributed by atoms with Crippen LogP contribution in [0.15, 0.2) is 0 Å². The van der Waals surface area contributed by atoms with Crippen LogP contribution in [0.4, 0.5) is 0 Å². The SMILES string of the molecule is [2H]OCCCCCCCCCC. The number of unbranched alkanes of at least 4 members (excludes halogenated alkanes) is 7. The number of hydrogen-bond donors (Lipinski definition) is 1. The summed E-state index contributed by atoms with van der Waals surface area (Å²) < 4.78 is 6.47. The summed E-state index contributed by atoms with van der Waals surface area (Å²) in [5, 5.41) is 4.24. The first-order valence-electron chi connectivity index (χ1n) is 5.40. The van der Waals surface area contributed by atoms with Crippen molar-refractivity contribution in [2.45, 2.75) is 58.3 Å². The molecule has 68 valence electrons. The molecule has 0 aliphatic carbocycles. The molecule has 11 heavy (non-hydrogen) atoms. The molecule has 0 aromatic carbocycles. The predicted molar refractivity (Wildman–Crippen MR) is 49.7 cm³/mol. The van der Waals surface area contributed by atoms with Gasteiger partial charge >= 0.3 is 0 Å². The Morgan fingerprint density at radius 1 is 0.909 bits per heavy atom. The first kappa shape index (κ1) is 9.05. The van der Waals surface area contributed by atoms with Crippen LogP contribution in [0.1, 0.15) is 58.3 Å². The van der Waals surface area contributed by atoms with E-state index in [0.717, 1.165) is 6.42 Å². The summed E-state index contributed by atoms with van der Waals surface area (Å²) in [5.41, 5.74) is 0. The van der Waals surface area contributed by atoms with E-state index >= 15 is 0 Å². The predicted octanol–water partition coefficient (Wildman–Crippen LogP) is 3.12. The lowest BCUT2D eigenvalue weighted by atomic mass is 10.1. The molecule has 0 spiro atoms. The fourth-order valence-corrected chi connectivity index (χ4v) is 1.24. The third-order valence-corrected chi connectivity index (χ3v) is 2.00. The molecule has 0 unspecified atom stereocenters. The molecule has 0 aromatic heterocycles. The van der Waals surface area contributed by atoms with Crippen molar-refractivity contribution < 1.29 is 5.11 Å². The van der Waals surface area contributed by atoms with Gasteiger partial charge < -0.3 is 5.11 Å². The Labute approximate surface area is 72.3 Å². The van der Waals surface area contributed by atoms with E-state index < -0.39 is 0 Å². The fraction of sp³-hybridized carbons (Fsp3) is 1.00. The summed E-state index contributed by atoms with van der Waals surface area (Å²) in [6.07, 6.45) is 10.4. The normalized spacial score (nSPS) is 11.5. The highest BCUT2D eigenvalue weighted by Crippen LogP contribution is 2.07. The van der Waals surface area contributed by atoms with Crippen LogP contribution in [0.25, 0.3) is 0 Å². The molecule has 0 amide bonds. The maximum Gasteiger partial charge on any atom is 0.210 e. The molecule has 0 bridgehead atoms. The van der Waals surface area contributed by atoms with Gasteiger partial charge in [0, 0.05) is 6.61 Å². The van der Waals surface area contributed by atoms with Crippen molar-refractivity contribution in [1.29, 1.82) is 1.43 Å². The topological polar surface area (TPSA) is 20.2 Å². The monoisotopic (exact) mass is 159 g/mol. The van der Waals surface area contributed by atoms with E-state index in [2.05, 4.69) is 12.0 Å². The molecular weight excluding hydrogens is 136 g/mol. The Morgan fingerprint density at radius 3 is 2.00 bits per heavy atom. The Bertz CT molecular complexity index is 66.2. The van der Waals surface area contributed by atoms with Crippen LogP contribution < -0.4 is 0 Å². The molecule has 1 N–H and O–H groups in total. The highest BCUT2D eigenvalue weighted by Gasteiger charge is 1.89. The van der Waals surface area contributed by atoms with E-state index in [1.54, 1.807) is 0 Å². The summed E-state index contributed by atoms with van der Waals surface area (Å²) in [4.78, 5) is 0. The van der Waals surface area contributed by atoms with Crippen molar-refractivity contribution in [2.24, 2.45) is 0 Å². The summed E-state index contributed by atoms with van der Waals surface area (Å²) in [5.74, 6) is 0. The highest BCUT2D eigenvalue weighted by molar-refractivity contribution is 4.44. The molecule has 0 heterocycles. The lowest BCUT2D eigenvalue weighted by molar-refractivity contribution is 0.282. The molecule has 0 saturated carbocycles. The van der Waals surface area contributed by atoms with Crippen LogP contribution in [0.3, 0.4) is 0 Å². The van der Waals surface area contributed by atoms with Crippen molar-refractivity contribution in [2.75, 3.05) is 6.61 Å². The minimum Gasteiger partial charge on any atom is -0.396 e. The van der Waals surface area contributed by atoms with E-state index in [0.29, 0.717) is 6.61 Å². The maximum atomic E-state index is 6.47. The van der Waals surface area contributed by atoms with E-state index in [4.69, 9.17) is 1.43 Å². The molecule has 0 rings (SSSR count). The second-order valence-electron chi connectivity index (χ2n) is 3.18. The molecule has 0 atom stereocenters. The van der Waals surface area contributed by atoms with Gasteiger partial charge in [0.1, 0.15) is 0 Å². The lowest BCUT2D eigenvalue weighted by Crippen LogP contribution is -1.83. The van der Waals surface area contributed by atoms with Gasteiger partial charge in [-0.3, -0.25) is 0 Å². The van der Waals surface area contributed by atoms with Crippen molar-refractivity contribution in [1.82, 2.24) is 0 Å². The third kappa shape index (κ3) is 9.96. The molecular formula is C10H22O. The first-order valence-corrected chi connectivity index (χ1v) is 5.00. The molecule has 0 aromatic rings. The van der Waals surface area contributed by atoms with Crippen molar-refractivity contribution >= 4 is 0 Å². The van der Waals surface area contributed by atoms with Gasteiger partial charge in [-0.05, 0) is 6.42 Å². The zero-order valence-electron chi connectivity index (χ0n) is 8.77. The number of hydrogen-bond acceptors (Lipinski definition) is 1. The molecule has 0 saturated heterocycles. The summed E-state index contributed by atoms with van der Waals surface area (Å²) in [6.45, 7) is 2.85. The fourth-order valence-electron chi connectivity index (χ4n) is 1.24. The standard InChI is InChI=1S/C10H22O/c1-2-3-4-5-6-7-8-9-10-11/h11H,2-10H2,1H3/i11D. The Kier molecular flexibility index (Phi) is 8.20. The smallest absolute Gasteiger partial charge is 0.210 e. The zero-order valence-corrected chi connectivity index (χ0v) is 7.77. The Hall–Kier alpha value is -0.0400. The van der Waals surface area contributed by atoms with E-state index in [1.165, 1.54) is 44.9 Å². The van der Waals surface area contributed by atoms with E-state index in [1.807, 2.05) is 0 Å². The lowest BCUT2D eigenvalue weighted by Gasteiger charge is -1.98. The van der Waals surface area contributed by atoms with Crippen LogP contribution in [-0.2, 0) is 0 Å². The van der Waals surface area contributed by atoms with Gasteiger partial charge in [-0.25, -0.2) is 0 Å². The quantitative estimate of drug-likeness (QED) is 0.512. The van der Waals surface area contributed by atoms with Gasteiger partial charge in [-0.2, -0.15) is 0 Å². The number of rotatable bonds is 9. The average Bonchev–Trinajstić information content (AvgIpc) is 2.10. The molecule has 0 fully saturated rings. The van der Waals surface area contributed by atoms with Crippen LogP contribution in [0, 0.1) is 0 Å². The minimum atomic E-state index is 0.606. The minimum absolute atomic E-state index is 0.606. The Morgan fingerprint density at radius 2 is 1.45 bits per heavy atom. The zero-order chi connectivity index (χ0) is 9.07. The molecule has 0 radical (unpaired) electrons. The van der Waals surface area contributed by atoms with Crippen molar-refractivity contribution in [3.8, 4) is 0 Å². The molecule has 1 nitrogen and oxygen atoms in total. The van der Waals surface area contributed by atoms with Gasteiger partial charge in [-0.15, -0.1) is 0 Å². The van der Waals surface area contributed by atoms with Gasteiger partial charge in [-0.1, -0.05) is 51.9 Å².